The van der Waals surface area contributed by atoms with E-state index in [-0.39, 0.29) is 17.9 Å². The quantitative estimate of drug-likeness (QED) is 0.846. The third kappa shape index (κ3) is 4.42. The van der Waals surface area contributed by atoms with E-state index in [0.29, 0.717) is 13.0 Å². The molecule has 25 heavy (non-hydrogen) atoms. The van der Waals surface area contributed by atoms with Crippen molar-refractivity contribution in [3.05, 3.63) is 29.8 Å². The SMILES string of the molecule is CCc1ccc(N2CC[C@@H](C(=O)NC3CCCCCCC3)C2=O)cc1. The first-order chi connectivity index (χ1) is 12.2. The van der Waals surface area contributed by atoms with E-state index in [1.165, 1.54) is 37.7 Å². The minimum atomic E-state index is -0.517. The van der Waals surface area contributed by atoms with E-state index in [2.05, 4.69) is 24.4 Å². The van der Waals surface area contributed by atoms with Gasteiger partial charge in [-0.3, -0.25) is 9.59 Å². The van der Waals surface area contributed by atoms with E-state index in [4.69, 9.17) is 0 Å². The normalized spacial score (nSPS) is 22.5. The highest BCUT2D eigenvalue weighted by Crippen LogP contribution is 2.26. The second-order valence-corrected chi connectivity index (χ2v) is 7.40. The van der Waals surface area contributed by atoms with Crippen molar-refractivity contribution in [2.24, 2.45) is 5.92 Å². The van der Waals surface area contributed by atoms with Gasteiger partial charge in [-0.05, 0) is 43.4 Å². The lowest BCUT2D eigenvalue weighted by Gasteiger charge is -2.22. The molecule has 1 saturated heterocycles. The Kier molecular flexibility index (Phi) is 6.11. The van der Waals surface area contributed by atoms with Crippen LogP contribution in [-0.2, 0) is 16.0 Å². The highest BCUT2D eigenvalue weighted by Gasteiger charge is 2.38. The number of aryl methyl sites for hydroxylation is 1. The Morgan fingerprint density at radius 2 is 1.68 bits per heavy atom. The van der Waals surface area contributed by atoms with Crippen LogP contribution in [0.25, 0.3) is 0 Å². The molecule has 1 aromatic carbocycles. The molecule has 136 valence electrons. The van der Waals surface area contributed by atoms with Crippen molar-refractivity contribution in [3.8, 4) is 0 Å². The van der Waals surface area contributed by atoms with Gasteiger partial charge < -0.3 is 10.2 Å². The molecule has 0 unspecified atom stereocenters. The molecule has 1 N–H and O–H groups in total. The molecule has 4 heteroatoms. The molecule has 1 aromatic rings. The molecule has 4 nitrogen and oxygen atoms in total. The highest BCUT2D eigenvalue weighted by molar-refractivity contribution is 6.09. The van der Waals surface area contributed by atoms with E-state index in [9.17, 15) is 9.59 Å². The molecule has 1 saturated carbocycles. The predicted octanol–water partition coefficient (Wildman–Crippen LogP) is 3.83. The topological polar surface area (TPSA) is 49.4 Å². The number of hydrogen-bond acceptors (Lipinski definition) is 2. The molecule has 2 fully saturated rings. The van der Waals surface area contributed by atoms with E-state index in [0.717, 1.165) is 24.9 Å². The van der Waals surface area contributed by atoms with Crippen molar-refractivity contribution >= 4 is 17.5 Å². The summed E-state index contributed by atoms with van der Waals surface area (Å²) in [4.78, 5) is 27.1. The number of carbonyl (C=O) groups is 2. The van der Waals surface area contributed by atoms with E-state index in [1.807, 2.05) is 12.1 Å². The number of hydrogen-bond donors (Lipinski definition) is 1. The summed E-state index contributed by atoms with van der Waals surface area (Å²) in [5.74, 6) is -0.632. The molecule has 0 aromatic heterocycles. The Bertz CT molecular complexity index is 588. The smallest absolute Gasteiger partial charge is 0.239 e. The van der Waals surface area contributed by atoms with Crippen molar-refractivity contribution in [2.75, 3.05) is 11.4 Å². The summed E-state index contributed by atoms with van der Waals surface area (Å²) in [6, 6.07) is 8.35. The first kappa shape index (κ1) is 18.0. The number of nitrogens with zero attached hydrogens (tertiary/aromatic N) is 1. The number of benzene rings is 1. The Balaban J connectivity index is 1.59. The average molecular weight is 342 g/mol. The Morgan fingerprint density at radius 3 is 2.32 bits per heavy atom. The molecule has 1 aliphatic carbocycles. The molecule has 2 aliphatic rings. The zero-order valence-corrected chi connectivity index (χ0v) is 15.3. The Labute approximate surface area is 151 Å². The van der Waals surface area contributed by atoms with Gasteiger partial charge in [-0.25, -0.2) is 0 Å². The number of anilines is 1. The number of rotatable bonds is 4. The van der Waals surface area contributed by atoms with Crippen LogP contribution in [0.2, 0.25) is 0 Å². The number of nitrogens with one attached hydrogen (secondary N) is 1. The van der Waals surface area contributed by atoms with Gasteiger partial charge in [-0.1, -0.05) is 51.2 Å². The van der Waals surface area contributed by atoms with Crippen LogP contribution in [0.1, 0.15) is 63.9 Å². The van der Waals surface area contributed by atoms with Crippen molar-refractivity contribution < 1.29 is 9.59 Å². The zero-order valence-electron chi connectivity index (χ0n) is 15.3. The fourth-order valence-electron chi connectivity index (χ4n) is 3.99. The summed E-state index contributed by atoms with van der Waals surface area (Å²) >= 11 is 0. The van der Waals surface area contributed by atoms with Gasteiger partial charge in [0.2, 0.25) is 11.8 Å². The van der Waals surface area contributed by atoms with Crippen molar-refractivity contribution in [1.29, 1.82) is 0 Å². The number of amides is 2. The fraction of sp³-hybridized carbons (Fsp3) is 0.619. The molecular weight excluding hydrogens is 312 g/mol. The lowest BCUT2D eigenvalue weighted by molar-refractivity contribution is -0.132. The van der Waals surface area contributed by atoms with Gasteiger partial charge in [0.05, 0.1) is 0 Å². The first-order valence-electron chi connectivity index (χ1n) is 9.89. The second-order valence-electron chi connectivity index (χ2n) is 7.40. The average Bonchev–Trinajstić information content (AvgIpc) is 2.99. The van der Waals surface area contributed by atoms with E-state index < -0.39 is 5.92 Å². The fourth-order valence-corrected chi connectivity index (χ4v) is 3.99. The lowest BCUT2D eigenvalue weighted by atomic mass is 9.96. The largest absolute Gasteiger partial charge is 0.353 e. The summed E-state index contributed by atoms with van der Waals surface area (Å²) in [6.45, 7) is 2.75. The van der Waals surface area contributed by atoms with E-state index in [1.54, 1.807) is 4.90 Å². The molecular formula is C21H30N2O2. The van der Waals surface area contributed by atoms with Gasteiger partial charge in [0.1, 0.15) is 5.92 Å². The minimum absolute atomic E-state index is 0.0485. The molecule has 1 heterocycles. The highest BCUT2D eigenvalue weighted by atomic mass is 16.2. The van der Waals surface area contributed by atoms with Crippen molar-refractivity contribution in [3.63, 3.8) is 0 Å². The van der Waals surface area contributed by atoms with Crippen LogP contribution < -0.4 is 10.2 Å². The Morgan fingerprint density at radius 1 is 1.04 bits per heavy atom. The van der Waals surface area contributed by atoms with Crippen LogP contribution in [-0.4, -0.2) is 24.4 Å². The van der Waals surface area contributed by atoms with Crippen LogP contribution in [0.5, 0.6) is 0 Å². The third-order valence-corrected chi connectivity index (χ3v) is 5.63. The van der Waals surface area contributed by atoms with Crippen LogP contribution in [0, 0.1) is 5.92 Å². The van der Waals surface area contributed by atoms with Gasteiger partial charge in [0.25, 0.3) is 0 Å². The van der Waals surface area contributed by atoms with Crippen LogP contribution >= 0.6 is 0 Å². The van der Waals surface area contributed by atoms with Gasteiger partial charge >= 0.3 is 0 Å². The first-order valence-corrected chi connectivity index (χ1v) is 9.89. The molecule has 3 rings (SSSR count). The standard InChI is InChI=1S/C21H30N2O2/c1-2-16-10-12-18(13-11-16)23-15-14-19(21(23)25)20(24)22-17-8-6-4-3-5-7-9-17/h10-13,17,19H,2-9,14-15H2,1H3,(H,22,24)/t19-/m0/s1. The van der Waals surface area contributed by atoms with Crippen LogP contribution in [0.4, 0.5) is 5.69 Å². The zero-order chi connectivity index (χ0) is 17.6. The minimum Gasteiger partial charge on any atom is -0.353 e. The van der Waals surface area contributed by atoms with E-state index >= 15 is 0 Å². The second kappa shape index (κ2) is 8.50. The van der Waals surface area contributed by atoms with Crippen LogP contribution in [0.3, 0.4) is 0 Å². The summed E-state index contributed by atoms with van der Waals surface area (Å²) in [5, 5.41) is 3.16. The van der Waals surface area contributed by atoms with Gasteiger partial charge in [0, 0.05) is 18.3 Å². The molecule has 1 aliphatic heterocycles. The van der Waals surface area contributed by atoms with Gasteiger partial charge in [-0.15, -0.1) is 0 Å². The maximum Gasteiger partial charge on any atom is 0.239 e. The summed E-state index contributed by atoms with van der Waals surface area (Å²) in [5.41, 5.74) is 2.16. The maximum atomic E-state index is 12.7. The van der Waals surface area contributed by atoms with Crippen molar-refractivity contribution in [1.82, 2.24) is 5.32 Å². The summed E-state index contributed by atoms with van der Waals surface area (Å²) in [6.07, 6.45) is 9.90. The summed E-state index contributed by atoms with van der Waals surface area (Å²) < 4.78 is 0. The Hall–Kier alpha value is -1.84. The maximum absolute atomic E-state index is 12.7. The van der Waals surface area contributed by atoms with Gasteiger partial charge in [-0.2, -0.15) is 0 Å². The predicted molar refractivity (Wildman–Crippen MR) is 101 cm³/mol. The molecule has 1 atom stereocenters. The molecule has 0 bridgehead atoms. The molecule has 0 radical (unpaired) electrons. The number of carbonyl (C=O) groups excluding carboxylic acids is 2. The van der Waals surface area contributed by atoms with Crippen molar-refractivity contribution in [2.45, 2.75) is 70.8 Å². The third-order valence-electron chi connectivity index (χ3n) is 5.63. The summed E-state index contributed by atoms with van der Waals surface area (Å²) in [7, 11) is 0. The molecule has 0 spiro atoms. The monoisotopic (exact) mass is 342 g/mol. The lowest BCUT2D eigenvalue weighted by Crippen LogP contribution is -2.42. The van der Waals surface area contributed by atoms with Crippen LogP contribution in [0.15, 0.2) is 24.3 Å². The molecule has 2 amide bonds. The van der Waals surface area contributed by atoms with Gasteiger partial charge in [0.15, 0.2) is 0 Å².